The standard InChI is InChI=1S/C19H18ClFN2O2S/c1-12-8-14(3-5-17(12)21)26(24,25)23-11-19(6-7-19)16-10-22-18-9-13(20)2-4-15(16)18/h2-5,8-10,22-23H,6-7,11H2,1H3. The van der Waals surface area contributed by atoms with Gasteiger partial charge in [0, 0.05) is 34.1 Å². The molecule has 0 spiro atoms. The number of aromatic nitrogens is 1. The van der Waals surface area contributed by atoms with E-state index in [4.69, 9.17) is 11.6 Å². The van der Waals surface area contributed by atoms with Crippen molar-refractivity contribution < 1.29 is 12.8 Å². The molecule has 0 amide bonds. The van der Waals surface area contributed by atoms with Gasteiger partial charge in [0.05, 0.1) is 4.90 Å². The molecule has 1 aliphatic carbocycles. The maximum Gasteiger partial charge on any atom is 0.240 e. The van der Waals surface area contributed by atoms with Gasteiger partial charge in [-0.15, -0.1) is 0 Å². The number of fused-ring (bicyclic) bond motifs is 1. The van der Waals surface area contributed by atoms with E-state index in [1.165, 1.54) is 18.2 Å². The van der Waals surface area contributed by atoms with E-state index < -0.39 is 15.8 Å². The van der Waals surface area contributed by atoms with Crippen molar-refractivity contribution in [2.24, 2.45) is 0 Å². The zero-order chi connectivity index (χ0) is 18.5. The van der Waals surface area contributed by atoms with Gasteiger partial charge in [0.25, 0.3) is 0 Å². The molecule has 0 saturated heterocycles. The summed E-state index contributed by atoms with van der Waals surface area (Å²) in [7, 11) is -3.69. The molecule has 4 nitrogen and oxygen atoms in total. The molecule has 2 aromatic carbocycles. The Morgan fingerprint density at radius 3 is 2.69 bits per heavy atom. The van der Waals surface area contributed by atoms with Crippen molar-refractivity contribution in [3.05, 3.63) is 64.6 Å². The average molecular weight is 393 g/mol. The summed E-state index contributed by atoms with van der Waals surface area (Å²) >= 11 is 6.03. The lowest BCUT2D eigenvalue weighted by molar-refractivity contribution is 0.566. The molecule has 4 rings (SSSR count). The smallest absolute Gasteiger partial charge is 0.240 e. The van der Waals surface area contributed by atoms with Crippen molar-refractivity contribution in [2.75, 3.05) is 6.54 Å². The number of hydrogen-bond acceptors (Lipinski definition) is 2. The Hall–Kier alpha value is -1.89. The molecule has 1 aromatic heterocycles. The van der Waals surface area contributed by atoms with Gasteiger partial charge >= 0.3 is 0 Å². The van der Waals surface area contributed by atoms with E-state index in [2.05, 4.69) is 9.71 Å². The lowest BCUT2D eigenvalue weighted by Gasteiger charge is -2.16. The number of hydrogen-bond donors (Lipinski definition) is 2. The summed E-state index contributed by atoms with van der Waals surface area (Å²) in [6, 6.07) is 9.48. The molecule has 136 valence electrons. The Morgan fingerprint density at radius 2 is 2.00 bits per heavy atom. The minimum atomic E-state index is -3.69. The largest absolute Gasteiger partial charge is 0.361 e. The molecular weight excluding hydrogens is 375 g/mol. The zero-order valence-electron chi connectivity index (χ0n) is 14.1. The summed E-state index contributed by atoms with van der Waals surface area (Å²) in [4.78, 5) is 3.30. The van der Waals surface area contributed by atoms with Gasteiger partial charge < -0.3 is 4.98 Å². The lowest BCUT2D eigenvalue weighted by atomic mass is 9.96. The van der Waals surface area contributed by atoms with Crippen LogP contribution in [-0.4, -0.2) is 19.9 Å². The van der Waals surface area contributed by atoms with Crippen LogP contribution in [0.2, 0.25) is 5.02 Å². The predicted molar refractivity (Wildman–Crippen MR) is 101 cm³/mol. The number of aryl methyl sites for hydroxylation is 1. The highest BCUT2D eigenvalue weighted by Gasteiger charge is 2.46. The van der Waals surface area contributed by atoms with Crippen LogP contribution >= 0.6 is 11.6 Å². The number of aromatic amines is 1. The molecule has 0 bridgehead atoms. The summed E-state index contributed by atoms with van der Waals surface area (Å²) in [5, 5.41) is 1.71. The highest BCUT2D eigenvalue weighted by atomic mass is 35.5. The fourth-order valence-electron chi connectivity index (χ4n) is 3.33. The normalized spacial score (nSPS) is 16.1. The second-order valence-corrected chi connectivity index (χ2v) is 9.11. The van der Waals surface area contributed by atoms with E-state index in [0.717, 1.165) is 29.3 Å². The summed E-state index contributed by atoms with van der Waals surface area (Å²) < 4.78 is 41.3. The van der Waals surface area contributed by atoms with Crippen molar-refractivity contribution in [1.82, 2.24) is 9.71 Å². The number of sulfonamides is 1. The van der Waals surface area contributed by atoms with Crippen molar-refractivity contribution in [2.45, 2.75) is 30.1 Å². The van der Waals surface area contributed by atoms with E-state index in [-0.39, 0.29) is 10.3 Å². The van der Waals surface area contributed by atoms with Crippen molar-refractivity contribution >= 4 is 32.5 Å². The Bertz CT molecular complexity index is 1100. The van der Waals surface area contributed by atoms with Crippen LogP contribution < -0.4 is 4.72 Å². The molecule has 1 fully saturated rings. The van der Waals surface area contributed by atoms with Gasteiger partial charge in [0.2, 0.25) is 10.0 Å². The van der Waals surface area contributed by atoms with Crippen LogP contribution in [-0.2, 0) is 15.4 Å². The molecule has 1 heterocycles. The van der Waals surface area contributed by atoms with Crippen LogP contribution in [0.15, 0.2) is 47.5 Å². The number of rotatable bonds is 5. The molecule has 0 unspecified atom stereocenters. The van der Waals surface area contributed by atoms with Gasteiger partial charge in [-0.2, -0.15) is 0 Å². The van der Waals surface area contributed by atoms with E-state index in [1.54, 1.807) is 6.92 Å². The highest BCUT2D eigenvalue weighted by Crippen LogP contribution is 2.50. The average Bonchev–Trinajstić information content (AvgIpc) is 3.27. The van der Waals surface area contributed by atoms with Crippen molar-refractivity contribution in [1.29, 1.82) is 0 Å². The van der Waals surface area contributed by atoms with E-state index in [1.807, 2.05) is 24.4 Å². The van der Waals surface area contributed by atoms with Crippen LogP contribution in [0.25, 0.3) is 10.9 Å². The molecule has 0 aliphatic heterocycles. The van der Waals surface area contributed by atoms with Gasteiger partial charge in [-0.05, 0) is 61.2 Å². The summed E-state index contributed by atoms with van der Waals surface area (Å²) in [6.07, 6.45) is 3.76. The van der Waals surface area contributed by atoms with Gasteiger partial charge in [0.15, 0.2) is 0 Å². The highest BCUT2D eigenvalue weighted by molar-refractivity contribution is 7.89. The van der Waals surface area contributed by atoms with Crippen molar-refractivity contribution in [3.8, 4) is 0 Å². The second kappa shape index (κ2) is 6.08. The van der Waals surface area contributed by atoms with Gasteiger partial charge in [0.1, 0.15) is 5.82 Å². The molecule has 0 atom stereocenters. The molecule has 1 saturated carbocycles. The Balaban J connectivity index is 1.59. The molecule has 2 N–H and O–H groups in total. The molecule has 7 heteroatoms. The topological polar surface area (TPSA) is 62.0 Å². The van der Waals surface area contributed by atoms with Crippen LogP contribution in [0.5, 0.6) is 0 Å². The number of halogens is 2. The second-order valence-electron chi connectivity index (χ2n) is 6.91. The maximum atomic E-state index is 13.4. The Labute approximate surface area is 156 Å². The first-order chi connectivity index (χ1) is 12.3. The first-order valence-corrected chi connectivity index (χ1v) is 10.2. The van der Waals surface area contributed by atoms with Crippen LogP contribution in [0.4, 0.5) is 4.39 Å². The molecular formula is C19H18ClFN2O2S. The van der Waals surface area contributed by atoms with Crippen molar-refractivity contribution in [3.63, 3.8) is 0 Å². The van der Waals surface area contributed by atoms with Crippen LogP contribution in [0.3, 0.4) is 0 Å². The van der Waals surface area contributed by atoms with Crippen LogP contribution in [0, 0.1) is 12.7 Å². The third kappa shape index (κ3) is 3.02. The minimum absolute atomic E-state index is 0.0814. The lowest BCUT2D eigenvalue weighted by Crippen LogP contribution is -2.32. The molecule has 3 aromatic rings. The third-order valence-corrected chi connectivity index (χ3v) is 6.74. The van der Waals surface area contributed by atoms with Gasteiger partial charge in [-0.25, -0.2) is 17.5 Å². The SMILES string of the molecule is Cc1cc(S(=O)(=O)NCC2(c3c[nH]c4cc(Cl)ccc34)CC2)ccc1F. The molecule has 1 aliphatic rings. The summed E-state index contributed by atoms with van der Waals surface area (Å²) in [6.45, 7) is 1.86. The Morgan fingerprint density at radius 1 is 1.23 bits per heavy atom. The zero-order valence-corrected chi connectivity index (χ0v) is 15.7. The minimum Gasteiger partial charge on any atom is -0.361 e. The molecule has 0 radical (unpaired) electrons. The number of H-pyrrole nitrogens is 1. The predicted octanol–water partition coefficient (Wildman–Crippen LogP) is 4.28. The van der Waals surface area contributed by atoms with Crippen LogP contribution in [0.1, 0.15) is 24.0 Å². The van der Waals surface area contributed by atoms with Gasteiger partial charge in [-0.1, -0.05) is 17.7 Å². The Kier molecular flexibility index (Phi) is 4.10. The maximum absolute atomic E-state index is 13.4. The quantitative estimate of drug-likeness (QED) is 0.680. The molecule has 26 heavy (non-hydrogen) atoms. The first kappa shape index (κ1) is 17.5. The fourth-order valence-corrected chi connectivity index (χ4v) is 4.71. The summed E-state index contributed by atoms with van der Waals surface area (Å²) in [5.41, 5.74) is 2.13. The number of benzene rings is 2. The fraction of sp³-hybridized carbons (Fsp3) is 0.263. The van der Waals surface area contributed by atoms with E-state index >= 15 is 0 Å². The first-order valence-electron chi connectivity index (χ1n) is 8.34. The van der Waals surface area contributed by atoms with E-state index in [0.29, 0.717) is 17.1 Å². The third-order valence-electron chi connectivity index (χ3n) is 5.11. The monoisotopic (exact) mass is 392 g/mol. The summed E-state index contributed by atoms with van der Waals surface area (Å²) in [5.74, 6) is -0.417. The van der Waals surface area contributed by atoms with E-state index in [9.17, 15) is 12.8 Å². The van der Waals surface area contributed by atoms with Gasteiger partial charge in [-0.3, -0.25) is 0 Å². The number of nitrogens with one attached hydrogen (secondary N) is 2.